The molecule has 0 radical (unpaired) electrons. The molecular formula is C12H8N4O2. The number of phenols is 2. The third kappa shape index (κ3) is 1.62. The molecule has 6 nitrogen and oxygen atoms in total. The first-order valence-electron chi connectivity index (χ1n) is 4.96. The molecule has 88 valence electrons. The number of benzene rings is 1. The van der Waals surface area contributed by atoms with Crippen LogP contribution in [-0.2, 0) is 7.05 Å². The van der Waals surface area contributed by atoms with Crippen LogP contribution in [0.5, 0.6) is 11.5 Å². The van der Waals surface area contributed by atoms with Gasteiger partial charge in [-0.25, -0.2) is 0 Å². The molecule has 0 saturated carbocycles. The van der Waals surface area contributed by atoms with Crippen LogP contribution in [0.15, 0.2) is 18.5 Å². The number of hydrogen-bond acceptors (Lipinski definition) is 5. The highest BCUT2D eigenvalue weighted by Crippen LogP contribution is 2.38. The first-order chi connectivity index (χ1) is 8.58. The van der Waals surface area contributed by atoms with Crippen LogP contribution in [0.25, 0.3) is 11.1 Å². The van der Waals surface area contributed by atoms with Crippen molar-refractivity contribution in [2.75, 3.05) is 0 Å². The fourth-order valence-electron chi connectivity index (χ4n) is 1.71. The first kappa shape index (κ1) is 11.5. The molecule has 0 atom stereocenters. The van der Waals surface area contributed by atoms with E-state index in [1.807, 2.05) is 6.07 Å². The van der Waals surface area contributed by atoms with E-state index < -0.39 is 11.5 Å². The molecule has 18 heavy (non-hydrogen) atoms. The van der Waals surface area contributed by atoms with Crippen LogP contribution < -0.4 is 0 Å². The third-order valence-electron chi connectivity index (χ3n) is 2.51. The molecule has 0 aliphatic carbocycles. The van der Waals surface area contributed by atoms with E-state index in [1.54, 1.807) is 19.3 Å². The van der Waals surface area contributed by atoms with E-state index >= 15 is 0 Å². The molecule has 1 aromatic carbocycles. The molecule has 6 heteroatoms. The van der Waals surface area contributed by atoms with Crippen LogP contribution in [0.2, 0.25) is 0 Å². The van der Waals surface area contributed by atoms with E-state index in [9.17, 15) is 10.2 Å². The largest absolute Gasteiger partial charge is 0.504 e. The van der Waals surface area contributed by atoms with Crippen molar-refractivity contribution in [1.82, 2.24) is 9.78 Å². The number of hydrogen-bond donors (Lipinski definition) is 2. The quantitative estimate of drug-likeness (QED) is 0.729. The highest BCUT2D eigenvalue weighted by Gasteiger charge is 2.19. The van der Waals surface area contributed by atoms with Gasteiger partial charge in [0.1, 0.15) is 11.6 Å². The minimum Gasteiger partial charge on any atom is -0.504 e. The fourth-order valence-corrected chi connectivity index (χ4v) is 1.71. The van der Waals surface area contributed by atoms with Gasteiger partial charge in [-0.05, 0) is 0 Å². The van der Waals surface area contributed by atoms with E-state index in [2.05, 4.69) is 5.10 Å². The minimum absolute atomic E-state index is 0.106. The number of aromatic hydroxyl groups is 2. The lowest BCUT2D eigenvalue weighted by Crippen LogP contribution is -1.91. The molecule has 1 aromatic heterocycles. The number of nitriles is 2. The van der Waals surface area contributed by atoms with Crippen LogP contribution in [0, 0.1) is 22.7 Å². The van der Waals surface area contributed by atoms with Crippen LogP contribution in [0.4, 0.5) is 0 Å². The topological polar surface area (TPSA) is 106 Å². The third-order valence-corrected chi connectivity index (χ3v) is 2.51. The van der Waals surface area contributed by atoms with Crippen LogP contribution in [0.3, 0.4) is 0 Å². The van der Waals surface area contributed by atoms with Crippen molar-refractivity contribution in [2.45, 2.75) is 0 Å². The lowest BCUT2D eigenvalue weighted by molar-refractivity contribution is 0.402. The Labute approximate surface area is 103 Å². The van der Waals surface area contributed by atoms with Gasteiger partial charge in [0.25, 0.3) is 0 Å². The Hall–Kier alpha value is -2.99. The van der Waals surface area contributed by atoms with Gasteiger partial charge < -0.3 is 10.2 Å². The Balaban J connectivity index is 2.85. The maximum atomic E-state index is 9.66. The zero-order chi connectivity index (χ0) is 13.3. The van der Waals surface area contributed by atoms with Gasteiger partial charge in [0.05, 0.1) is 17.8 Å². The molecule has 0 saturated heterocycles. The van der Waals surface area contributed by atoms with E-state index in [0.717, 1.165) is 6.07 Å². The number of aryl methyl sites for hydroxylation is 1. The summed E-state index contributed by atoms with van der Waals surface area (Å²) in [5.41, 5.74) is 0.763. The van der Waals surface area contributed by atoms with Gasteiger partial charge in [0, 0.05) is 30.4 Å². The second-order valence-corrected chi connectivity index (χ2v) is 3.67. The van der Waals surface area contributed by atoms with Crippen LogP contribution in [-0.4, -0.2) is 20.0 Å². The smallest absolute Gasteiger partial charge is 0.176 e. The highest BCUT2D eigenvalue weighted by atomic mass is 16.3. The molecule has 2 N–H and O–H groups in total. The van der Waals surface area contributed by atoms with Crippen molar-refractivity contribution in [3.63, 3.8) is 0 Å². The first-order valence-corrected chi connectivity index (χ1v) is 4.96. The summed E-state index contributed by atoms with van der Waals surface area (Å²) < 4.78 is 1.52. The van der Waals surface area contributed by atoms with Gasteiger partial charge in [-0.15, -0.1) is 0 Å². The number of rotatable bonds is 1. The van der Waals surface area contributed by atoms with E-state index in [4.69, 9.17) is 10.5 Å². The molecule has 0 bridgehead atoms. The van der Waals surface area contributed by atoms with Crippen molar-refractivity contribution in [3.8, 4) is 34.8 Å². The maximum Gasteiger partial charge on any atom is 0.176 e. The monoisotopic (exact) mass is 240 g/mol. The second-order valence-electron chi connectivity index (χ2n) is 3.67. The lowest BCUT2D eigenvalue weighted by atomic mass is 9.96. The van der Waals surface area contributed by atoms with Crippen molar-refractivity contribution in [1.29, 1.82) is 10.5 Å². The Kier molecular flexibility index (Phi) is 2.63. The van der Waals surface area contributed by atoms with E-state index in [1.165, 1.54) is 10.9 Å². The number of nitrogens with zero attached hydrogens (tertiary/aromatic N) is 4. The normalized spacial score (nSPS) is 9.72. The van der Waals surface area contributed by atoms with Crippen molar-refractivity contribution >= 4 is 0 Å². The number of aromatic nitrogens is 2. The predicted octanol–water partition coefficient (Wildman–Crippen LogP) is 1.24. The summed E-state index contributed by atoms with van der Waals surface area (Å²) in [6.45, 7) is 0. The van der Waals surface area contributed by atoms with Crippen molar-refractivity contribution in [2.24, 2.45) is 7.05 Å². The summed E-state index contributed by atoms with van der Waals surface area (Å²) in [7, 11) is 1.70. The minimum atomic E-state index is -0.532. The van der Waals surface area contributed by atoms with Crippen molar-refractivity contribution < 1.29 is 10.2 Å². The predicted molar refractivity (Wildman–Crippen MR) is 61.4 cm³/mol. The Morgan fingerprint density at radius 2 is 2.00 bits per heavy atom. The summed E-state index contributed by atoms with van der Waals surface area (Å²) in [6, 6.07) is 4.80. The van der Waals surface area contributed by atoms with Gasteiger partial charge in [0.2, 0.25) is 0 Å². The Bertz CT molecular complexity index is 704. The molecule has 0 aliphatic heterocycles. The Morgan fingerprint density at radius 1 is 1.28 bits per heavy atom. The van der Waals surface area contributed by atoms with Crippen molar-refractivity contribution in [3.05, 3.63) is 29.6 Å². The molecule has 2 aromatic rings. The summed E-state index contributed by atoms with van der Waals surface area (Å²) in [6.07, 6.45) is 3.10. The molecule has 2 rings (SSSR count). The lowest BCUT2D eigenvalue weighted by Gasteiger charge is -2.07. The van der Waals surface area contributed by atoms with Gasteiger partial charge in [-0.1, -0.05) is 0 Å². The van der Waals surface area contributed by atoms with Gasteiger partial charge in [-0.2, -0.15) is 15.6 Å². The molecular weight excluding hydrogens is 232 g/mol. The van der Waals surface area contributed by atoms with E-state index in [-0.39, 0.29) is 16.7 Å². The molecule has 0 unspecified atom stereocenters. The van der Waals surface area contributed by atoms with Gasteiger partial charge >= 0.3 is 0 Å². The van der Waals surface area contributed by atoms with Crippen LogP contribution in [0.1, 0.15) is 11.1 Å². The maximum absolute atomic E-state index is 9.66. The Morgan fingerprint density at radius 3 is 2.50 bits per heavy atom. The molecule has 0 amide bonds. The second kappa shape index (κ2) is 4.11. The van der Waals surface area contributed by atoms with Gasteiger partial charge in [0.15, 0.2) is 11.5 Å². The SMILES string of the molecule is Cn1cc(-c2c(C#N)cc(O)c(O)c2C#N)cn1. The zero-order valence-corrected chi connectivity index (χ0v) is 9.42. The summed E-state index contributed by atoms with van der Waals surface area (Å²) in [5.74, 6) is -1.02. The fraction of sp³-hybridized carbons (Fsp3) is 0.0833. The molecule has 0 fully saturated rings. The number of phenolic OH excluding ortho intramolecular Hbond substituents is 2. The summed E-state index contributed by atoms with van der Waals surface area (Å²) in [5, 5.41) is 41.2. The molecule has 1 heterocycles. The summed E-state index contributed by atoms with van der Waals surface area (Å²) >= 11 is 0. The molecule has 0 aliphatic rings. The summed E-state index contributed by atoms with van der Waals surface area (Å²) in [4.78, 5) is 0. The zero-order valence-electron chi connectivity index (χ0n) is 9.42. The average molecular weight is 240 g/mol. The van der Waals surface area contributed by atoms with Gasteiger partial charge in [-0.3, -0.25) is 4.68 Å². The van der Waals surface area contributed by atoms with E-state index in [0.29, 0.717) is 5.56 Å². The average Bonchev–Trinajstić information content (AvgIpc) is 2.78. The standard InChI is InChI=1S/C12H8N4O2/c1-16-6-8(5-15-16)11-7(3-13)2-10(17)12(18)9(11)4-14/h2,5-6,17-18H,1H3. The highest BCUT2D eigenvalue weighted by molar-refractivity contribution is 5.80. The van der Waals surface area contributed by atoms with Crippen LogP contribution >= 0.6 is 0 Å². The molecule has 0 spiro atoms.